The van der Waals surface area contributed by atoms with Gasteiger partial charge in [0.2, 0.25) is 11.8 Å². The van der Waals surface area contributed by atoms with E-state index in [1.54, 1.807) is 42.3 Å². The number of amides is 2. The Balaban J connectivity index is 1.97. The topological polar surface area (TPSA) is 77.5 Å². The molecule has 2 heterocycles. The molecule has 2 aliphatic rings. The Labute approximate surface area is 200 Å². The maximum absolute atomic E-state index is 12.9. The van der Waals surface area contributed by atoms with Crippen LogP contribution in [-0.4, -0.2) is 63.1 Å². The predicted octanol–water partition coefficient (Wildman–Crippen LogP) is 3.31. The summed E-state index contributed by atoms with van der Waals surface area (Å²) in [6.45, 7) is 4.26. The van der Waals surface area contributed by atoms with Crippen LogP contribution in [0, 0.1) is 0 Å². The number of nitrogens with zero attached hydrogens (tertiary/aromatic N) is 2. The van der Waals surface area contributed by atoms with Crippen molar-refractivity contribution in [3.05, 3.63) is 46.5 Å². The first-order chi connectivity index (χ1) is 16.3. The number of hydrogen-bond acceptors (Lipinski definition) is 6. The lowest BCUT2D eigenvalue weighted by atomic mass is 9.80. The molecule has 2 aliphatic heterocycles. The van der Waals surface area contributed by atoms with Crippen molar-refractivity contribution in [3.63, 3.8) is 0 Å². The molecule has 0 bridgehead atoms. The van der Waals surface area contributed by atoms with Gasteiger partial charge in [-0.1, -0.05) is 0 Å². The van der Waals surface area contributed by atoms with Crippen LogP contribution in [0.25, 0.3) is 0 Å². The molecule has 0 fully saturated rings. The van der Waals surface area contributed by atoms with Gasteiger partial charge in [-0.3, -0.25) is 9.59 Å². The quantitative estimate of drug-likeness (QED) is 0.670. The zero-order chi connectivity index (χ0) is 24.6. The summed E-state index contributed by atoms with van der Waals surface area (Å²) in [5, 5.41) is 0. The van der Waals surface area contributed by atoms with Gasteiger partial charge in [0.1, 0.15) is 0 Å². The van der Waals surface area contributed by atoms with Gasteiger partial charge in [-0.2, -0.15) is 0 Å². The second-order valence-corrected chi connectivity index (χ2v) is 8.63. The highest BCUT2D eigenvalue weighted by Crippen LogP contribution is 2.49. The smallest absolute Gasteiger partial charge is 0.220 e. The molecule has 4 rings (SSSR count). The number of benzene rings is 2. The fourth-order valence-electron chi connectivity index (χ4n) is 5.34. The third kappa shape index (κ3) is 3.91. The van der Waals surface area contributed by atoms with E-state index in [0.29, 0.717) is 48.9 Å². The van der Waals surface area contributed by atoms with Gasteiger partial charge in [0.05, 0.1) is 40.5 Å². The minimum atomic E-state index is -0.387. The molecule has 0 N–H and O–H groups in total. The van der Waals surface area contributed by atoms with Gasteiger partial charge >= 0.3 is 0 Å². The zero-order valence-corrected chi connectivity index (χ0v) is 20.6. The molecule has 34 heavy (non-hydrogen) atoms. The Morgan fingerprint density at radius 3 is 1.26 bits per heavy atom. The second kappa shape index (κ2) is 9.44. The number of methoxy groups -OCH3 is 4. The minimum Gasteiger partial charge on any atom is -0.493 e. The van der Waals surface area contributed by atoms with Crippen LogP contribution in [0.2, 0.25) is 0 Å². The number of fused-ring (bicyclic) bond motifs is 2. The molecule has 0 aliphatic carbocycles. The average molecular weight is 469 g/mol. The molecular weight excluding hydrogens is 436 g/mol. The maximum atomic E-state index is 12.9. The molecule has 2 amide bonds. The molecule has 8 heteroatoms. The summed E-state index contributed by atoms with van der Waals surface area (Å²) in [5.41, 5.74) is 4.07. The Morgan fingerprint density at radius 1 is 0.647 bits per heavy atom. The molecular formula is C26H32N2O6. The van der Waals surface area contributed by atoms with Crippen molar-refractivity contribution in [2.24, 2.45) is 0 Å². The predicted molar refractivity (Wildman–Crippen MR) is 127 cm³/mol. The van der Waals surface area contributed by atoms with Gasteiger partial charge in [0, 0.05) is 26.9 Å². The average Bonchev–Trinajstić information content (AvgIpc) is 2.85. The molecule has 0 radical (unpaired) electrons. The molecule has 0 unspecified atom stereocenters. The summed E-state index contributed by atoms with van der Waals surface area (Å²) in [6, 6.07) is 7.08. The molecule has 182 valence electrons. The fourth-order valence-corrected chi connectivity index (χ4v) is 5.34. The highest BCUT2D eigenvalue weighted by Gasteiger charge is 2.43. The van der Waals surface area contributed by atoms with E-state index in [1.165, 1.54) is 0 Å². The number of carbonyl (C=O) groups excluding carboxylic acids is 2. The van der Waals surface area contributed by atoms with E-state index in [9.17, 15) is 9.59 Å². The van der Waals surface area contributed by atoms with Crippen molar-refractivity contribution in [3.8, 4) is 23.0 Å². The Hall–Kier alpha value is -3.42. The van der Waals surface area contributed by atoms with E-state index in [4.69, 9.17) is 18.9 Å². The lowest BCUT2D eigenvalue weighted by Gasteiger charge is -2.48. The van der Waals surface area contributed by atoms with E-state index in [-0.39, 0.29) is 23.9 Å². The van der Waals surface area contributed by atoms with Crippen molar-refractivity contribution < 1.29 is 28.5 Å². The van der Waals surface area contributed by atoms with Gasteiger partial charge in [-0.15, -0.1) is 0 Å². The third-order valence-corrected chi connectivity index (χ3v) is 6.95. The standard InChI is InChI=1S/C26H32N2O6/c1-15(29)27-9-7-17-11-21(31-3)23(33-5)13-19(17)25(27)26-20-14-24(34-6)22(32-4)12-18(20)8-10-28(26)16(2)30/h11-14,25-26H,7-10H2,1-6H3/t25-,26-/m0/s1. The van der Waals surface area contributed by atoms with Crippen LogP contribution in [0.15, 0.2) is 24.3 Å². The fraction of sp³-hybridized carbons (Fsp3) is 0.462. The monoisotopic (exact) mass is 468 g/mol. The van der Waals surface area contributed by atoms with Crippen molar-refractivity contribution in [2.45, 2.75) is 38.8 Å². The summed E-state index contributed by atoms with van der Waals surface area (Å²) in [7, 11) is 6.42. The van der Waals surface area contributed by atoms with Crippen LogP contribution in [-0.2, 0) is 22.4 Å². The largest absolute Gasteiger partial charge is 0.493 e. The number of carbonyl (C=O) groups is 2. The molecule has 2 aromatic carbocycles. The van der Waals surface area contributed by atoms with Gasteiger partial charge in [-0.05, 0) is 59.4 Å². The van der Waals surface area contributed by atoms with Gasteiger partial charge in [0.15, 0.2) is 23.0 Å². The zero-order valence-electron chi connectivity index (χ0n) is 20.6. The van der Waals surface area contributed by atoms with E-state index in [1.807, 2.05) is 34.1 Å². The van der Waals surface area contributed by atoms with E-state index in [2.05, 4.69) is 0 Å². The van der Waals surface area contributed by atoms with E-state index < -0.39 is 0 Å². The number of ether oxygens (including phenoxy) is 4. The second-order valence-electron chi connectivity index (χ2n) is 8.63. The Morgan fingerprint density at radius 2 is 0.971 bits per heavy atom. The first-order valence-electron chi connectivity index (χ1n) is 11.4. The van der Waals surface area contributed by atoms with Crippen molar-refractivity contribution in [1.29, 1.82) is 0 Å². The minimum absolute atomic E-state index is 0.0402. The molecule has 2 aromatic rings. The van der Waals surface area contributed by atoms with E-state index in [0.717, 1.165) is 22.3 Å². The maximum Gasteiger partial charge on any atom is 0.220 e. The van der Waals surface area contributed by atoms with Gasteiger partial charge in [0.25, 0.3) is 0 Å². The van der Waals surface area contributed by atoms with Crippen LogP contribution in [0.5, 0.6) is 23.0 Å². The summed E-state index contributed by atoms with van der Waals surface area (Å²) in [4.78, 5) is 29.5. The Bertz CT molecular complexity index is 1030. The normalized spacial score (nSPS) is 19.1. The Kier molecular flexibility index (Phi) is 6.59. The molecule has 0 saturated heterocycles. The lowest BCUT2D eigenvalue weighted by molar-refractivity contribution is -0.140. The van der Waals surface area contributed by atoms with Crippen molar-refractivity contribution in [2.75, 3.05) is 41.5 Å². The highest BCUT2D eigenvalue weighted by atomic mass is 16.5. The van der Waals surface area contributed by atoms with Gasteiger partial charge in [-0.25, -0.2) is 0 Å². The van der Waals surface area contributed by atoms with Gasteiger partial charge < -0.3 is 28.7 Å². The van der Waals surface area contributed by atoms with Crippen molar-refractivity contribution >= 4 is 11.8 Å². The first kappa shape index (κ1) is 23.7. The number of hydrogen-bond donors (Lipinski definition) is 0. The molecule has 0 aromatic heterocycles. The summed E-state index contributed by atoms with van der Waals surface area (Å²) in [5.74, 6) is 2.40. The van der Waals surface area contributed by atoms with Crippen LogP contribution < -0.4 is 18.9 Å². The SMILES string of the molecule is COc1cc2c(cc1OC)[C@@H]([C@@H]1c3cc(OC)c(OC)cc3CCN1C(C)=O)N(C(C)=O)CC2. The molecule has 2 atom stereocenters. The van der Waals surface area contributed by atoms with Crippen LogP contribution in [0.3, 0.4) is 0 Å². The van der Waals surface area contributed by atoms with Crippen LogP contribution in [0.4, 0.5) is 0 Å². The lowest BCUT2D eigenvalue weighted by Crippen LogP contribution is -2.49. The molecule has 0 spiro atoms. The number of rotatable bonds is 5. The van der Waals surface area contributed by atoms with Crippen LogP contribution >= 0.6 is 0 Å². The summed E-state index contributed by atoms with van der Waals surface area (Å²) in [6.07, 6.45) is 1.38. The molecule has 0 saturated carbocycles. The van der Waals surface area contributed by atoms with Crippen LogP contribution in [0.1, 0.15) is 48.2 Å². The van der Waals surface area contributed by atoms with E-state index >= 15 is 0 Å². The first-order valence-corrected chi connectivity index (χ1v) is 11.4. The third-order valence-electron chi connectivity index (χ3n) is 6.95. The summed E-state index contributed by atoms with van der Waals surface area (Å²) >= 11 is 0. The van der Waals surface area contributed by atoms with Crippen molar-refractivity contribution in [1.82, 2.24) is 9.80 Å². The summed E-state index contributed by atoms with van der Waals surface area (Å²) < 4.78 is 22.3. The highest BCUT2D eigenvalue weighted by molar-refractivity contribution is 5.77. The molecule has 8 nitrogen and oxygen atoms in total.